The van der Waals surface area contributed by atoms with E-state index in [1.54, 1.807) is 20.0 Å². The first kappa shape index (κ1) is 23.7. The largest absolute Gasteiger partial charge is 0.465 e. The van der Waals surface area contributed by atoms with Crippen LogP contribution in [0.2, 0.25) is 0 Å². The van der Waals surface area contributed by atoms with Crippen LogP contribution in [0.3, 0.4) is 0 Å². The molecule has 1 atom stereocenters. The number of esters is 1. The van der Waals surface area contributed by atoms with Crippen molar-refractivity contribution in [3.05, 3.63) is 23.2 Å². The Morgan fingerprint density at radius 3 is 2.89 bits per heavy atom. The number of methoxy groups -OCH3 is 1. The Balaban J connectivity index is 0.00000364. The van der Waals surface area contributed by atoms with Crippen molar-refractivity contribution in [2.75, 3.05) is 47.1 Å². The van der Waals surface area contributed by atoms with Crippen LogP contribution in [0.1, 0.15) is 34.7 Å². The zero-order chi connectivity index (χ0) is 18.8. The molecule has 1 unspecified atom stereocenters. The van der Waals surface area contributed by atoms with Gasteiger partial charge >= 0.3 is 5.97 Å². The standard InChI is InChI=1S/C18H29N3O5.HI/c1-13-16(17(22)23-3)9-15(26-13)10-21-18(19-2)20-6-4-7-24-11-14-5-8-25-12-14;/h9,14H,4-8,10-12H2,1-3H3,(H2,19,20,21);1H. The summed E-state index contributed by atoms with van der Waals surface area (Å²) in [6.45, 7) is 6.07. The highest BCUT2D eigenvalue weighted by Crippen LogP contribution is 2.15. The zero-order valence-corrected chi connectivity index (χ0v) is 18.5. The van der Waals surface area contributed by atoms with Crippen molar-refractivity contribution in [3.8, 4) is 0 Å². The molecule has 27 heavy (non-hydrogen) atoms. The fourth-order valence-electron chi connectivity index (χ4n) is 2.68. The predicted molar refractivity (Wildman–Crippen MR) is 113 cm³/mol. The molecule has 8 nitrogen and oxygen atoms in total. The van der Waals surface area contributed by atoms with Gasteiger partial charge in [-0.25, -0.2) is 4.79 Å². The Morgan fingerprint density at radius 1 is 1.41 bits per heavy atom. The molecule has 0 bridgehead atoms. The summed E-state index contributed by atoms with van der Waals surface area (Å²) in [6, 6.07) is 1.68. The second-order valence-electron chi connectivity index (χ2n) is 6.18. The Labute approximate surface area is 177 Å². The molecule has 9 heteroatoms. The Morgan fingerprint density at radius 2 is 2.22 bits per heavy atom. The minimum Gasteiger partial charge on any atom is -0.465 e. The minimum atomic E-state index is -0.399. The molecular weight excluding hydrogens is 465 g/mol. The zero-order valence-electron chi connectivity index (χ0n) is 16.2. The van der Waals surface area contributed by atoms with Crippen molar-refractivity contribution in [2.45, 2.75) is 26.3 Å². The summed E-state index contributed by atoms with van der Waals surface area (Å²) in [5, 5.41) is 6.38. The number of hydrogen-bond donors (Lipinski definition) is 2. The first-order valence-corrected chi connectivity index (χ1v) is 8.91. The predicted octanol–water partition coefficient (Wildman–Crippen LogP) is 2.10. The highest BCUT2D eigenvalue weighted by molar-refractivity contribution is 14.0. The lowest BCUT2D eigenvalue weighted by molar-refractivity contribution is 0.0598. The summed E-state index contributed by atoms with van der Waals surface area (Å²) < 4.78 is 21.3. The van der Waals surface area contributed by atoms with E-state index < -0.39 is 5.97 Å². The summed E-state index contributed by atoms with van der Waals surface area (Å²) in [7, 11) is 3.06. The molecule has 2 rings (SSSR count). The number of hydrogen-bond acceptors (Lipinski definition) is 6. The van der Waals surface area contributed by atoms with Gasteiger partial charge in [-0.05, 0) is 25.8 Å². The molecule has 1 aliphatic heterocycles. The van der Waals surface area contributed by atoms with E-state index in [1.165, 1.54) is 7.11 Å². The second-order valence-corrected chi connectivity index (χ2v) is 6.18. The maximum Gasteiger partial charge on any atom is 0.341 e. The molecule has 1 aromatic heterocycles. The summed E-state index contributed by atoms with van der Waals surface area (Å²) in [5.41, 5.74) is 0.442. The first-order chi connectivity index (χ1) is 12.6. The van der Waals surface area contributed by atoms with E-state index in [1.807, 2.05) is 0 Å². The van der Waals surface area contributed by atoms with E-state index in [0.29, 0.717) is 42.1 Å². The quantitative estimate of drug-likeness (QED) is 0.178. The molecule has 1 fully saturated rings. The van der Waals surface area contributed by atoms with Crippen LogP contribution < -0.4 is 10.6 Å². The third kappa shape index (κ3) is 8.06. The van der Waals surface area contributed by atoms with Gasteiger partial charge in [0, 0.05) is 32.7 Å². The van der Waals surface area contributed by atoms with E-state index in [4.69, 9.17) is 18.6 Å². The summed E-state index contributed by atoms with van der Waals surface area (Å²) in [5.74, 6) is 2.01. The average molecular weight is 495 g/mol. The van der Waals surface area contributed by atoms with Gasteiger partial charge in [0.1, 0.15) is 17.1 Å². The summed E-state index contributed by atoms with van der Waals surface area (Å²) >= 11 is 0. The molecule has 1 aliphatic rings. The van der Waals surface area contributed by atoms with Gasteiger partial charge in [0.25, 0.3) is 0 Å². The number of furan rings is 1. The molecule has 1 aromatic rings. The van der Waals surface area contributed by atoms with Crippen molar-refractivity contribution in [2.24, 2.45) is 10.9 Å². The van der Waals surface area contributed by atoms with E-state index >= 15 is 0 Å². The fourth-order valence-corrected chi connectivity index (χ4v) is 2.68. The van der Waals surface area contributed by atoms with E-state index in [2.05, 4.69) is 15.6 Å². The number of rotatable bonds is 9. The molecule has 0 spiro atoms. The third-order valence-corrected chi connectivity index (χ3v) is 4.16. The number of guanidine groups is 1. The number of ether oxygens (including phenoxy) is 3. The van der Waals surface area contributed by atoms with Crippen molar-refractivity contribution in [1.82, 2.24) is 10.6 Å². The summed E-state index contributed by atoms with van der Waals surface area (Å²) in [4.78, 5) is 15.8. The molecule has 0 amide bonds. The van der Waals surface area contributed by atoms with Crippen LogP contribution in [0.4, 0.5) is 0 Å². The van der Waals surface area contributed by atoms with Gasteiger partial charge < -0.3 is 29.3 Å². The number of carbonyl (C=O) groups excluding carboxylic acids is 1. The maximum atomic E-state index is 11.6. The lowest BCUT2D eigenvalue weighted by atomic mass is 10.1. The number of nitrogens with one attached hydrogen (secondary N) is 2. The topological polar surface area (TPSA) is 94.3 Å². The maximum absolute atomic E-state index is 11.6. The molecule has 0 saturated carbocycles. The van der Waals surface area contributed by atoms with Crippen LogP contribution >= 0.6 is 24.0 Å². The highest BCUT2D eigenvalue weighted by Gasteiger charge is 2.16. The van der Waals surface area contributed by atoms with Gasteiger partial charge in [0.05, 0.1) is 26.9 Å². The van der Waals surface area contributed by atoms with Gasteiger partial charge in [-0.1, -0.05) is 0 Å². The van der Waals surface area contributed by atoms with Gasteiger partial charge in [-0.15, -0.1) is 24.0 Å². The molecule has 154 valence electrons. The van der Waals surface area contributed by atoms with Crippen molar-refractivity contribution >= 4 is 35.9 Å². The lowest BCUT2D eigenvalue weighted by Crippen LogP contribution is -2.37. The lowest BCUT2D eigenvalue weighted by Gasteiger charge is -2.12. The first-order valence-electron chi connectivity index (χ1n) is 8.91. The van der Waals surface area contributed by atoms with Gasteiger partial charge in [-0.3, -0.25) is 4.99 Å². The van der Waals surface area contributed by atoms with Crippen molar-refractivity contribution < 1.29 is 23.4 Å². The van der Waals surface area contributed by atoms with Crippen LogP contribution in [0, 0.1) is 12.8 Å². The third-order valence-electron chi connectivity index (χ3n) is 4.16. The molecule has 0 aliphatic carbocycles. The normalized spacial score (nSPS) is 16.7. The second kappa shape index (κ2) is 12.9. The van der Waals surface area contributed by atoms with Gasteiger partial charge in [0.15, 0.2) is 5.96 Å². The minimum absolute atomic E-state index is 0. The number of halogens is 1. The number of aliphatic imine (C=N–C) groups is 1. The Kier molecular flexibility index (Phi) is 11.4. The van der Waals surface area contributed by atoms with Gasteiger partial charge in [0.2, 0.25) is 0 Å². The van der Waals surface area contributed by atoms with Crippen LogP contribution in [-0.4, -0.2) is 59.1 Å². The molecule has 0 radical (unpaired) electrons. The van der Waals surface area contributed by atoms with Crippen LogP contribution in [0.15, 0.2) is 15.5 Å². The number of carbonyl (C=O) groups is 1. The monoisotopic (exact) mass is 495 g/mol. The van der Waals surface area contributed by atoms with Crippen molar-refractivity contribution in [3.63, 3.8) is 0 Å². The molecule has 1 saturated heterocycles. The molecule has 0 aromatic carbocycles. The summed E-state index contributed by atoms with van der Waals surface area (Å²) in [6.07, 6.45) is 1.99. The molecular formula is C18H30IN3O5. The highest BCUT2D eigenvalue weighted by atomic mass is 127. The molecule has 2 heterocycles. The van der Waals surface area contributed by atoms with E-state index in [9.17, 15) is 4.79 Å². The van der Waals surface area contributed by atoms with Crippen molar-refractivity contribution in [1.29, 1.82) is 0 Å². The number of nitrogens with zero attached hydrogens (tertiary/aromatic N) is 1. The average Bonchev–Trinajstić information content (AvgIpc) is 3.29. The van der Waals surface area contributed by atoms with Crippen LogP contribution in [-0.2, 0) is 20.8 Å². The van der Waals surface area contributed by atoms with Crippen LogP contribution in [0.5, 0.6) is 0 Å². The fraction of sp³-hybridized carbons (Fsp3) is 0.667. The smallest absolute Gasteiger partial charge is 0.341 e. The SMILES string of the molecule is CN=C(NCCCOCC1CCOC1)NCc1cc(C(=O)OC)c(C)o1.I. The van der Waals surface area contributed by atoms with E-state index in [0.717, 1.165) is 39.2 Å². The van der Waals surface area contributed by atoms with E-state index in [-0.39, 0.29) is 24.0 Å². The Hall–Kier alpha value is -1.33. The number of aryl methyl sites for hydroxylation is 1. The van der Waals surface area contributed by atoms with Crippen LogP contribution in [0.25, 0.3) is 0 Å². The van der Waals surface area contributed by atoms with Gasteiger partial charge in [-0.2, -0.15) is 0 Å². The molecule has 2 N–H and O–H groups in total. The Bertz CT molecular complexity index is 600.